The highest BCUT2D eigenvalue weighted by Gasteiger charge is 2.32. The fourth-order valence-electron chi connectivity index (χ4n) is 4.84. The first-order chi connectivity index (χ1) is 17.5. The zero-order valence-corrected chi connectivity index (χ0v) is 22.8. The molecule has 0 aromatic heterocycles. The van der Waals surface area contributed by atoms with Crippen molar-refractivity contribution in [2.24, 2.45) is 0 Å². The first-order valence-electron chi connectivity index (χ1n) is 12.2. The van der Waals surface area contributed by atoms with Crippen molar-refractivity contribution >= 4 is 33.2 Å². The smallest absolute Gasteiger partial charge is 0.244 e. The minimum Gasteiger partial charge on any atom is -0.368 e. The number of sulfonamides is 1. The molecule has 0 unspecified atom stereocenters. The first kappa shape index (κ1) is 27.1. The molecule has 6 nitrogen and oxygen atoms in total. The number of hydrogen-bond donors (Lipinski definition) is 0. The lowest BCUT2D eigenvalue weighted by atomic mass is 10.1. The highest BCUT2D eigenvalue weighted by Crippen LogP contribution is 2.27. The molecule has 1 heterocycles. The number of benzene rings is 3. The Bertz CT molecular complexity index is 1350. The largest absolute Gasteiger partial charge is 0.368 e. The van der Waals surface area contributed by atoms with Gasteiger partial charge in [0.25, 0.3) is 0 Å². The van der Waals surface area contributed by atoms with Gasteiger partial charge in [0.2, 0.25) is 15.9 Å². The molecular weight excluding hydrogens is 513 g/mol. The lowest BCUT2D eigenvalue weighted by Gasteiger charge is -2.37. The van der Waals surface area contributed by atoms with E-state index in [1.165, 1.54) is 16.4 Å². The van der Waals surface area contributed by atoms with E-state index in [0.717, 1.165) is 16.8 Å². The molecule has 1 aliphatic rings. The molecule has 1 amide bonds. The van der Waals surface area contributed by atoms with Gasteiger partial charge in [0.1, 0.15) is 5.82 Å². The van der Waals surface area contributed by atoms with Gasteiger partial charge in [-0.15, -0.1) is 0 Å². The monoisotopic (exact) mass is 543 g/mol. The summed E-state index contributed by atoms with van der Waals surface area (Å²) in [7, 11) is -3.97. The summed E-state index contributed by atoms with van der Waals surface area (Å²) >= 11 is 6.02. The SMILES string of the molecule is Cc1cc(C)c(S(=O)(=O)N(CC(=O)N2CCN(c3ccc(F)cc3)CC2)Cc2ccc(Cl)cc2)c(C)c1. The second kappa shape index (κ2) is 11.2. The molecule has 3 aromatic carbocycles. The molecule has 37 heavy (non-hydrogen) atoms. The van der Waals surface area contributed by atoms with Crippen molar-refractivity contribution in [3.05, 3.63) is 93.8 Å². The maximum absolute atomic E-state index is 13.9. The van der Waals surface area contributed by atoms with Gasteiger partial charge in [-0.2, -0.15) is 4.31 Å². The highest BCUT2D eigenvalue weighted by molar-refractivity contribution is 7.89. The van der Waals surface area contributed by atoms with Crippen molar-refractivity contribution in [1.29, 1.82) is 0 Å². The van der Waals surface area contributed by atoms with Gasteiger partial charge < -0.3 is 9.80 Å². The van der Waals surface area contributed by atoms with Gasteiger partial charge >= 0.3 is 0 Å². The molecule has 3 aromatic rings. The van der Waals surface area contributed by atoms with E-state index >= 15 is 0 Å². The number of halogens is 2. The molecule has 196 valence electrons. The van der Waals surface area contributed by atoms with E-state index in [-0.39, 0.29) is 29.7 Å². The molecule has 1 aliphatic heterocycles. The minimum atomic E-state index is -3.97. The van der Waals surface area contributed by atoms with Gasteiger partial charge in [-0.1, -0.05) is 41.4 Å². The van der Waals surface area contributed by atoms with Crippen molar-refractivity contribution in [3.63, 3.8) is 0 Å². The third-order valence-corrected chi connectivity index (χ3v) is 8.96. The molecule has 0 atom stereocenters. The van der Waals surface area contributed by atoms with Gasteiger partial charge in [-0.25, -0.2) is 12.8 Å². The second-order valence-corrected chi connectivity index (χ2v) is 11.8. The Morgan fingerprint density at radius 2 is 1.49 bits per heavy atom. The van der Waals surface area contributed by atoms with Crippen molar-refractivity contribution in [3.8, 4) is 0 Å². The average Bonchev–Trinajstić information content (AvgIpc) is 2.84. The highest BCUT2D eigenvalue weighted by atomic mass is 35.5. The number of aryl methyl sites for hydroxylation is 3. The summed E-state index contributed by atoms with van der Waals surface area (Å²) in [5.74, 6) is -0.544. The van der Waals surface area contributed by atoms with Crippen LogP contribution < -0.4 is 4.90 Å². The minimum absolute atomic E-state index is 0.0491. The standard InChI is InChI=1S/C28H31ClFN3O3S/c1-20-16-21(2)28(22(3)17-20)37(35,36)33(18-23-4-6-24(29)7-5-23)19-27(34)32-14-12-31(13-15-32)26-10-8-25(30)9-11-26/h4-11,16-17H,12-15,18-19H2,1-3H3. The van der Waals surface area contributed by atoms with Crippen LogP contribution in [0.3, 0.4) is 0 Å². The lowest BCUT2D eigenvalue weighted by molar-refractivity contribution is -0.131. The predicted octanol–water partition coefficient (Wildman–Crippen LogP) is 4.94. The summed E-state index contributed by atoms with van der Waals surface area (Å²) in [6.45, 7) is 7.34. The summed E-state index contributed by atoms with van der Waals surface area (Å²) in [6, 6.07) is 16.9. The Labute approximate surface area is 223 Å². The van der Waals surface area contributed by atoms with Gasteiger partial charge in [-0.05, 0) is 73.9 Å². The zero-order valence-electron chi connectivity index (χ0n) is 21.2. The number of amides is 1. The van der Waals surface area contributed by atoms with Crippen molar-refractivity contribution in [2.45, 2.75) is 32.2 Å². The number of nitrogens with zero attached hydrogens (tertiary/aromatic N) is 3. The molecule has 0 aliphatic carbocycles. The fourth-order valence-corrected chi connectivity index (χ4v) is 6.75. The molecular formula is C28H31ClFN3O3S. The summed E-state index contributed by atoms with van der Waals surface area (Å²) in [5, 5.41) is 0.554. The molecule has 0 radical (unpaired) electrons. The molecule has 0 saturated carbocycles. The van der Waals surface area contributed by atoms with E-state index in [4.69, 9.17) is 11.6 Å². The Balaban J connectivity index is 1.55. The average molecular weight is 544 g/mol. The van der Waals surface area contributed by atoms with Gasteiger partial charge in [0.05, 0.1) is 11.4 Å². The zero-order chi connectivity index (χ0) is 26.7. The van der Waals surface area contributed by atoms with Crippen LogP contribution in [0.2, 0.25) is 5.02 Å². The van der Waals surface area contributed by atoms with Crippen LogP contribution in [-0.2, 0) is 21.4 Å². The van der Waals surface area contributed by atoms with Crippen LogP contribution in [0.15, 0.2) is 65.6 Å². The van der Waals surface area contributed by atoms with Gasteiger partial charge in [0, 0.05) is 43.4 Å². The first-order valence-corrected chi connectivity index (χ1v) is 14.0. The topological polar surface area (TPSA) is 60.9 Å². The third-order valence-electron chi connectivity index (χ3n) is 6.61. The summed E-state index contributed by atoms with van der Waals surface area (Å²) in [4.78, 5) is 17.4. The molecule has 1 saturated heterocycles. The Hall–Kier alpha value is -2.94. The van der Waals surface area contributed by atoms with Crippen molar-refractivity contribution in [1.82, 2.24) is 9.21 Å². The Kier molecular flexibility index (Phi) is 8.21. The maximum atomic E-state index is 13.9. The fraction of sp³-hybridized carbons (Fsp3) is 0.321. The molecule has 4 rings (SSSR count). The quantitative estimate of drug-likeness (QED) is 0.423. The van der Waals surface area contributed by atoms with E-state index in [1.54, 1.807) is 55.1 Å². The van der Waals surface area contributed by atoms with Gasteiger partial charge in [0.15, 0.2) is 0 Å². The van der Waals surface area contributed by atoms with Crippen LogP contribution in [0.25, 0.3) is 0 Å². The number of piperazine rings is 1. The summed E-state index contributed by atoms with van der Waals surface area (Å²) < 4.78 is 42.4. The summed E-state index contributed by atoms with van der Waals surface area (Å²) in [5.41, 5.74) is 3.92. The van der Waals surface area contributed by atoms with Crippen LogP contribution in [-0.4, -0.2) is 56.3 Å². The van der Waals surface area contributed by atoms with E-state index in [2.05, 4.69) is 4.90 Å². The number of carbonyl (C=O) groups excluding carboxylic acids is 1. The van der Waals surface area contributed by atoms with E-state index in [9.17, 15) is 17.6 Å². The molecule has 1 fully saturated rings. The summed E-state index contributed by atoms with van der Waals surface area (Å²) in [6.07, 6.45) is 0. The van der Waals surface area contributed by atoms with E-state index in [0.29, 0.717) is 42.3 Å². The van der Waals surface area contributed by atoms with Crippen LogP contribution in [0, 0.1) is 26.6 Å². The Morgan fingerprint density at radius 3 is 2.05 bits per heavy atom. The lowest BCUT2D eigenvalue weighted by Crippen LogP contribution is -2.51. The number of carbonyl (C=O) groups is 1. The molecule has 0 N–H and O–H groups in total. The molecule has 0 spiro atoms. The van der Waals surface area contributed by atoms with Gasteiger partial charge in [-0.3, -0.25) is 4.79 Å². The molecule has 0 bridgehead atoms. The van der Waals surface area contributed by atoms with Crippen molar-refractivity contribution in [2.75, 3.05) is 37.6 Å². The van der Waals surface area contributed by atoms with Crippen LogP contribution in [0.1, 0.15) is 22.3 Å². The van der Waals surface area contributed by atoms with E-state index in [1.807, 2.05) is 19.1 Å². The predicted molar refractivity (Wildman–Crippen MR) is 145 cm³/mol. The van der Waals surface area contributed by atoms with E-state index < -0.39 is 10.0 Å². The number of anilines is 1. The maximum Gasteiger partial charge on any atom is 0.244 e. The van der Waals surface area contributed by atoms with Crippen LogP contribution >= 0.6 is 11.6 Å². The van der Waals surface area contributed by atoms with Crippen LogP contribution in [0.5, 0.6) is 0 Å². The number of hydrogen-bond acceptors (Lipinski definition) is 4. The Morgan fingerprint density at radius 1 is 0.919 bits per heavy atom. The van der Waals surface area contributed by atoms with Crippen LogP contribution in [0.4, 0.5) is 10.1 Å². The second-order valence-electron chi connectivity index (χ2n) is 9.47. The normalized spacial score (nSPS) is 14.3. The third kappa shape index (κ3) is 6.32. The van der Waals surface area contributed by atoms with Crippen molar-refractivity contribution < 1.29 is 17.6 Å². The molecule has 9 heteroatoms. The number of rotatable bonds is 7.